The van der Waals surface area contributed by atoms with Crippen molar-refractivity contribution in [1.29, 1.82) is 0 Å². The molecule has 21 heavy (non-hydrogen) atoms. The zero-order chi connectivity index (χ0) is 14.8. The first-order valence-corrected chi connectivity index (χ1v) is 6.93. The van der Waals surface area contributed by atoms with Crippen LogP contribution in [0.25, 0.3) is 0 Å². The number of hydrogen-bond donors (Lipinski definition) is 0. The van der Waals surface area contributed by atoms with Crippen LogP contribution in [0.5, 0.6) is 11.5 Å². The lowest BCUT2D eigenvalue weighted by atomic mass is 10.0. The van der Waals surface area contributed by atoms with Crippen molar-refractivity contribution >= 4 is 17.4 Å². The summed E-state index contributed by atoms with van der Waals surface area (Å²) in [5, 5.41) is -0.0739. The fourth-order valence-electron chi connectivity index (χ4n) is 2.14. The van der Waals surface area contributed by atoms with Gasteiger partial charge in [-0.3, -0.25) is 4.79 Å². The van der Waals surface area contributed by atoms with Crippen molar-refractivity contribution in [2.75, 3.05) is 13.2 Å². The Morgan fingerprint density at radius 1 is 1.10 bits per heavy atom. The Labute approximate surface area is 126 Å². The lowest BCUT2D eigenvalue weighted by Crippen LogP contribution is -2.05. The van der Waals surface area contributed by atoms with Crippen LogP contribution in [0.1, 0.15) is 22.3 Å². The first-order chi connectivity index (χ1) is 10.2. The molecule has 3 rings (SSSR count). The number of carbonyl (C=O) groups excluding carboxylic acids is 1. The predicted molar refractivity (Wildman–Crippen MR) is 76.9 cm³/mol. The Morgan fingerprint density at radius 3 is 2.67 bits per heavy atom. The minimum absolute atomic E-state index is 0.0583. The van der Waals surface area contributed by atoms with E-state index in [4.69, 9.17) is 21.1 Å². The van der Waals surface area contributed by atoms with Crippen molar-refractivity contribution in [2.45, 2.75) is 6.42 Å². The largest absolute Gasteiger partial charge is 0.490 e. The second-order valence-corrected chi connectivity index (χ2v) is 5.05. The molecule has 0 radical (unpaired) electrons. The first kappa shape index (κ1) is 13.9. The van der Waals surface area contributed by atoms with Crippen LogP contribution in [-0.4, -0.2) is 19.0 Å². The molecule has 3 nitrogen and oxygen atoms in total. The maximum atomic E-state index is 13.9. The number of halogens is 2. The van der Waals surface area contributed by atoms with Crippen molar-refractivity contribution in [3.05, 3.63) is 58.4 Å². The summed E-state index contributed by atoms with van der Waals surface area (Å²) in [7, 11) is 0. The van der Waals surface area contributed by atoms with Gasteiger partial charge in [-0.15, -0.1) is 0 Å². The predicted octanol–water partition coefficient (Wildman–Crippen LogP) is 3.87. The zero-order valence-electron chi connectivity index (χ0n) is 11.1. The third kappa shape index (κ3) is 2.72. The Balaban J connectivity index is 1.98. The highest BCUT2D eigenvalue weighted by Gasteiger charge is 2.19. The third-order valence-corrected chi connectivity index (χ3v) is 3.50. The van der Waals surface area contributed by atoms with E-state index in [-0.39, 0.29) is 10.6 Å². The van der Waals surface area contributed by atoms with Crippen molar-refractivity contribution < 1.29 is 18.7 Å². The molecule has 0 unspecified atom stereocenters. The van der Waals surface area contributed by atoms with Gasteiger partial charge in [-0.2, -0.15) is 0 Å². The van der Waals surface area contributed by atoms with Gasteiger partial charge in [-0.05, 0) is 30.3 Å². The summed E-state index contributed by atoms with van der Waals surface area (Å²) in [5.74, 6) is -0.0571. The van der Waals surface area contributed by atoms with Crippen LogP contribution in [0.15, 0.2) is 36.4 Å². The number of benzene rings is 2. The lowest BCUT2D eigenvalue weighted by molar-refractivity contribution is 0.103. The number of carbonyl (C=O) groups is 1. The molecule has 1 aliphatic rings. The monoisotopic (exact) mass is 306 g/mol. The number of ketones is 1. The Bertz CT molecular complexity index is 700. The molecule has 0 saturated heterocycles. The summed E-state index contributed by atoms with van der Waals surface area (Å²) in [6, 6.07) is 9.19. The van der Waals surface area contributed by atoms with E-state index in [9.17, 15) is 9.18 Å². The van der Waals surface area contributed by atoms with E-state index < -0.39 is 11.6 Å². The van der Waals surface area contributed by atoms with Gasteiger partial charge in [0.2, 0.25) is 0 Å². The van der Waals surface area contributed by atoms with Crippen LogP contribution in [0.4, 0.5) is 4.39 Å². The SMILES string of the molecule is O=C(c1ccc2c(c1)OCCCO2)c1cccc(Cl)c1F. The maximum Gasteiger partial charge on any atom is 0.196 e. The van der Waals surface area contributed by atoms with Gasteiger partial charge in [-0.25, -0.2) is 4.39 Å². The molecule has 2 aromatic rings. The van der Waals surface area contributed by atoms with E-state index in [1.54, 1.807) is 24.3 Å². The fraction of sp³-hybridized carbons (Fsp3) is 0.188. The van der Waals surface area contributed by atoms with Crippen molar-refractivity contribution in [2.24, 2.45) is 0 Å². The van der Waals surface area contributed by atoms with Gasteiger partial charge in [0.1, 0.15) is 0 Å². The third-order valence-electron chi connectivity index (χ3n) is 3.21. The molecule has 0 fully saturated rings. The van der Waals surface area contributed by atoms with E-state index in [1.165, 1.54) is 12.1 Å². The summed E-state index contributed by atoms with van der Waals surface area (Å²) in [6.07, 6.45) is 0.779. The molecule has 0 atom stereocenters. The standard InChI is InChI=1S/C16H12ClFO3/c17-12-4-1-3-11(15(12)18)16(19)10-5-6-13-14(9-10)21-8-2-7-20-13/h1,3-6,9H,2,7-8H2. The summed E-state index contributed by atoms with van der Waals surface area (Å²) in [5.41, 5.74) is 0.275. The van der Waals surface area contributed by atoms with E-state index in [0.29, 0.717) is 30.3 Å². The fourth-order valence-corrected chi connectivity index (χ4v) is 2.31. The number of fused-ring (bicyclic) bond motifs is 1. The van der Waals surface area contributed by atoms with Crippen LogP contribution >= 0.6 is 11.6 Å². The summed E-state index contributed by atoms with van der Waals surface area (Å²) in [4.78, 5) is 12.4. The molecule has 0 spiro atoms. The molecule has 0 amide bonds. The second-order valence-electron chi connectivity index (χ2n) is 4.64. The Hall–Kier alpha value is -2.07. The lowest BCUT2D eigenvalue weighted by Gasteiger charge is -2.09. The Morgan fingerprint density at radius 2 is 1.86 bits per heavy atom. The Kier molecular flexibility index (Phi) is 3.80. The second kappa shape index (κ2) is 5.74. The molecular formula is C16H12ClFO3. The minimum Gasteiger partial charge on any atom is -0.490 e. The van der Waals surface area contributed by atoms with Crippen LogP contribution in [0.2, 0.25) is 5.02 Å². The molecule has 1 aliphatic heterocycles. The van der Waals surface area contributed by atoms with Crippen LogP contribution in [0, 0.1) is 5.82 Å². The number of hydrogen-bond acceptors (Lipinski definition) is 3. The molecule has 2 aromatic carbocycles. The summed E-state index contributed by atoms with van der Waals surface area (Å²) in [6.45, 7) is 1.10. The van der Waals surface area contributed by atoms with Gasteiger partial charge in [0.15, 0.2) is 23.1 Å². The zero-order valence-corrected chi connectivity index (χ0v) is 11.8. The summed E-state index contributed by atoms with van der Waals surface area (Å²) < 4.78 is 25.0. The van der Waals surface area contributed by atoms with Crippen molar-refractivity contribution in [3.63, 3.8) is 0 Å². The molecule has 0 aliphatic carbocycles. The quantitative estimate of drug-likeness (QED) is 0.790. The highest BCUT2D eigenvalue weighted by molar-refractivity contribution is 6.31. The van der Waals surface area contributed by atoms with E-state index in [0.717, 1.165) is 6.42 Å². The average molecular weight is 307 g/mol. The van der Waals surface area contributed by atoms with Crippen LogP contribution < -0.4 is 9.47 Å². The minimum atomic E-state index is -0.712. The van der Waals surface area contributed by atoms with E-state index in [2.05, 4.69) is 0 Å². The molecular weight excluding hydrogens is 295 g/mol. The molecule has 0 aromatic heterocycles. The molecule has 0 saturated carbocycles. The van der Waals surface area contributed by atoms with Gasteiger partial charge >= 0.3 is 0 Å². The molecule has 5 heteroatoms. The smallest absolute Gasteiger partial charge is 0.196 e. The van der Waals surface area contributed by atoms with Gasteiger partial charge < -0.3 is 9.47 Å². The van der Waals surface area contributed by atoms with Gasteiger partial charge in [0, 0.05) is 12.0 Å². The molecule has 1 heterocycles. The van der Waals surface area contributed by atoms with Gasteiger partial charge in [-0.1, -0.05) is 17.7 Å². The summed E-state index contributed by atoms with van der Waals surface area (Å²) >= 11 is 5.71. The van der Waals surface area contributed by atoms with Crippen molar-refractivity contribution in [3.8, 4) is 11.5 Å². The van der Waals surface area contributed by atoms with Gasteiger partial charge in [0.05, 0.1) is 23.8 Å². The molecule has 108 valence electrons. The maximum absolute atomic E-state index is 13.9. The normalized spacial score (nSPS) is 13.6. The highest BCUT2D eigenvalue weighted by atomic mass is 35.5. The van der Waals surface area contributed by atoms with Crippen molar-refractivity contribution in [1.82, 2.24) is 0 Å². The average Bonchev–Trinajstić information content (AvgIpc) is 2.74. The number of rotatable bonds is 2. The van der Waals surface area contributed by atoms with Gasteiger partial charge in [0.25, 0.3) is 0 Å². The van der Waals surface area contributed by atoms with Crippen LogP contribution in [-0.2, 0) is 0 Å². The van der Waals surface area contributed by atoms with Crippen LogP contribution in [0.3, 0.4) is 0 Å². The topological polar surface area (TPSA) is 35.5 Å². The highest BCUT2D eigenvalue weighted by Crippen LogP contribution is 2.31. The molecule has 0 N–H and O–H groups in total. The number of ether oxygens (including phenoxy) is 2. The van der Waals surface area contributed by atoms with E-state index in [1.807, 2.05) is 0 Å². The van der Waals surface area contributed by atoms with E-state index >= 15 is 0 Å². The first-order valence-electron chi connectivity index (χ1n) is 6.55. The molecule has 0 bridgehead atoms.